The molecule has 0 atom stereocenters. The molecule has 0 unspecified atom stereocenters. The quantitative estimate of drug-likeness (QED) is 0.457. The summed E-state index contributed by atoms with van der Waals surface area (Å²) < 4.78 is 1.92. The molecule has 2 amide bonds. The molecule has 0 bridgehead atoms. The normalized spacial score (nSPS) is 15.7. The van der Waals surface area contributed by atoms with Gasteiger partial charge >= 0.3 is 0 Å². The molecule has 4 rings (SSSR count). The Bertz CT molecular complexity index is 1140. The Morgan fingerprint density at radius 2 is 1.79 bits per heavy atom. The highest BCUT2D eigenvalue weighted by atomic mass is 35.5. The summed E-state index contributed by atoms with van der Waals surface area (Å²) in [5, 5.41) is 0.777. The van der Waals surface area contributed by atoms with E-state index in [9.17, 15) is 9.59 Å². The lowest BCUT2D eigenvalue weighted by atomic mass is 10.2. The first-order valence-corrected chi connectivity index (χ1v) is 9.99. The van der Waals surface area contributed by atoms with Gasteiger partial charge in [-0.1, -0.05) is 35.3 Å². The van der Waals surface area contributed by atoms with Gasteiger partial charge in [0.1, 0.15) is 0 Å². The lowest BCUT2D eigenvalue weighted by Crippen LogP contribution is -2.27. The minimum Gasteiger partial charge on any atom is -0.317 e. The predicted octanol–water partition coefficient (Wildman–Crippen LogP) is 6.33. The van der Waals surface area contributed by atoms with Crippen molar-refractivity contribution >= 4 is 57.9 Å². The number of nitrogens with zero attached hydrogens (tertiary/aromatic N) is 2. The number of carbonyl (C=O) groups is 2. The van der Waals surface area contributed by atoms with E-state index in [0.29, 0.717) is 20.6 Å². The molecule has 4 nitrogen and oxygen atoms in total. The molecule has 140 valence electrons. The van der Waals surface area contributed by atoms with Gasteiger partial charge in [0.05, 0.1) is 10.6 Å². The topological polar surface area (TPSA) is 42.3 Å². The third-order valence-corrected chi connectivity index (χ3v) is 5.86. The van der Waals surface area contributed by atoms with E-state index in [2.05, 4.69) is 0 Å². The number of amides is 2. The fourth-order valence-corrected chi connectivity index (χ4v) is 4.10. The van der Waals surface area contributed by atoms with Crippen LogP contribution in [0.25, 0.3) is 11.8 Å². The van der Waals surface area contributed by atoms with Crippen LogP contribution in [0.1, 0.15) is 11.3 Å². The number of hydrogen-bond donors (Lipinski definition) is 0. The first-order chi connectivity index (χ1) is 13.4. The minimum absolute atomic E-state index is 0.350. The average molecular weight is 429 g/mol. The summed E-state index contributed by atoms with van der Waals surface area (Å²) >= 11 is 13.2. The zero-order valence-corrected chi connectivity index (χ0v) is 17.1. The number of aryl methyl sites for hydroxylation is 1. The van der Waals surface area contributed by atoms with Crippen molar-refractivity contribution in [2.75, 3.05) is 4.90 Å². The molecule has 0 radical (unpaired) electrons. The average Bonchev–Trinajstić information content (AvgIpc) is 3.22. The molecule has 0 spiro atoms. The van der Waals surface area contributed by atoms with Crippen molar-refractivity contribution < 1.29 is 9.59 Å². The highest BCUT2D eigenvalue weighted by molar-refractivity contribution is 8.19. The molecule has 2 heterocycles. The summed E-state index contributed by atoms with van der Waals surface area (Å²) in [6.45, 7) is 1.94. The zero-order chi connectivity index (χ0) is 19.8. The van der Waals surface area contributed by atoms with E-state index in [0.717, 1.165) is 33.6 Å². The number of hydrogen-bond acceptors (Lipinski definition) is 3. The van der Waals surface area contributed by atoms with Crippen LogP contribution in [-0.2, 0) is 4.79 Å². The Labute approximate surface area is 176 Å². The molecular formula is C21H14Cl2N2O2S. The molecule has 2 aromatic carbocycles. The van der Waals surface area contributed by atoms with Crippen molar-refractivity contribution in [2.45, 2.75) is 6.92 Å². The zero-order valence-electron chi connectivity index (χ0n) is 14.7. The lowest BCUT2D eigenvalue weighted by molar-refractivity contribution is -0.113. The molecule has 1 aromatic heterocycles. The molecule has 1 aliphatic heterocycles. The van der Waals surface area contributed by atoms with Crippen LogP contribution in [-0.4, -0.2) is 15.7 Å². The number of benzene rings is 2. The largest absolute Gasteiger partial charge is 0.317 e. The number of carbonyl (C=O) groups excluding carboxylic acids is 2. The van der Waals surface area contributed by atoms with Gasteiger partial charge in [-0.3, -0.25) is 9.59 Å². The standard InChI is InChI=1S/C21H14Cl2N2O2S/c1-13-7-8-16(11-18(13)23)24-9-3-6-15(24)12-19-20(26)25(21(27)28-19)17-5-2-4-14(22)10-17/h2-12H,1H3/b19-12+. The second kappa shape index (κ2) is 7.51. The van der Waals surface area contributed by atoms with Gasteiger partial charge < -0.3 is 4.57 Å². The van der Waals surface area contributed by atoms with Crippen LogP contribution in [0.2, 0.25) is 10.0 Å². The molecule has 7 heteroatoms. The van der Waals surface area contributed by atoms with Gasteiger partial charge in [0.25, 0.3) is 11.1 Å². The van der Waals surface area contributed by atoms with Crippen LogP contribution in [0.4, 0.5) is 10.5 Å². The molecule has 0 aliphatic carbocycles. The van der Waals surface area contributed by atoms with E-state index in [-0.39, 0.29) is 11.1 Å². The van der Waals surface area contributed by atoms with E-state index in [1.54, 1.807) is 30.3 Å². The van der Waals surface area contributed by atoms with E-state index in [1.807, 2.05) is 48.0 Å². The van der Waals surface area contributed by atoms with E-state index in [4.69, 9.17) is 23.2 Å². The maximum absolute atomic E-state index is 12.8. The van der Waals surface area contributed by atoms with Crippen molar-refractivity contribution in [3.63, 3.8) is 0 Å². The van der Waals surface area contributed by atoms with Gasteiger partial charge in [0.15, 0.2) is 0 Å². The van der Waals surface area contributed by atoms with E-state index < -0.39 is 0 Å². The third-order valence-electron chi connectivity index (χ3n) is 4.35. The molecule has 0 N–H and O–H groups in total. The highest BCUT2D eigenvalue weighted by Gasteiger charge is 2.36. The van der Waals surface area contributed by atoms with Crippen molar-refractivity contribution in [1.29, 1.82) is 0 Å². The van der Waals surface area contributed by atoms with Gasteiger partial charge in [-0.05, 0) is 72.8 Å². The maximum Gasteiger partial charge on any atom is 0.298 e. The second-order valence-corrected chi connectivity index (χ2v) is 8.07. The molecule has 0 saturated carbocycles. The van der Waals surface area contributed by atoms with Gasteiger partial charge in [-0.25, -0.2) is 4.90 Å². The summed E-state index contributed by atoms with van der Waals surface area (Å²) in [6.07, 6.45) is 3.59. The summed E-state index contributed by atoms with van der Waals surface area (Å²) in [7, 11) is 0. The Morgan fingerprint density at radius 1 is 0.964 bits per heavy atom. The van der Waals surface area contributed by atoms with Gasteiger partial charge in [0, 0.05) is 27.6 Å². The highest BCUT2D eigenvalue weighted by Crippen LogP contribution is 2.36. The Morgan fingerprint density at radius 3 is 2.54 bits per heavy atom. The van der Waals surface area contributed by atoms with E-state index in [1.165, 1.54) is 0 Å². The lowest BCUT2D eigenvalue weighted by Gasteiger charge is -2.12. The Kier molecular flexibility index (Phi) is 5.06. The first kappa shape index (κ1) is 18.9. The summed E-state index contributed by atoms with van der Waals surface area (Å²) in [6, 6.07) is 16.2. The minimum atomic E-state index is -0.369. The molecule has 28 heavy (non-hydrogen) atoms. The van der Waals surface area contributed by atoms with Crippen molar-refractivity contribution in [1.82, 2.24) is 4.57 Å². The molecular weight excluding hydrogens is 415 g/mol. The van der Waals surface area contributed by atoms with Crippen molar-refractivity contribution in [2.24, 2.45) is 0 Å². The van der Waals surface area contributed by atoms with Crippen LogP contribution in [0, 0.1) is 6.92 Å². The molecule has 1 aliphatic rings. The van der Waals surface area contributed by atoms with Crippen LogP contribution in [0.3, 0.4) is 0 Å². The van der Waals surface area contributed by atoms with Crippen LogP contribution in [0.5, 0.6) is 0 Å². The Balaban J connectivity index is 1.69. The van der Waals surface area contributed by atoms with Crippen LogP contribution < -0.4 is 4.90 Å². The van der Waals surface area contributed by atoms with Crippen molar-refractivity contribution in [3.05, 3.63) is 87.0 Å². The first-order valence-electron chi connectivity index (χ1n) is 8.41. The summed E-state index contributed by atoms with van der Waals surface area (Å²) in [5.74, 6) is -0.369. The second-order valence-electron chi connectivity index (χ2n) is 6.23. The number of halogens is 2. The number of imide groups is 1. The van der Waals surface area contributed by atoms with Crippen LogP contribution in [0.15, 0.2) is 65.7 Å². The molecule has 3 aromatic rings. The van der Waals surface area contributed by atoms with Crippen molar-refractivity contribution in [3.8, 4) is 5.69 Å². The summed E-state index contributed by atoms with van der Waals surface area (Å²) in [4.78, 5) is 26.8. The van der Waals surface area contributed by atoms with Gasteiger partial charge in [-0.2, -0.15) is 0 Å². The van der Waals surface area contributed by atoms with Gasteiger partial charge in [-0.15, -0.1) is 0 Å². The number of anilines is 1. The number of aromatic nitrogens is 1. The number of thioether (sulfide) groups is 1. The fraction of sp³-hybridized carbons (Fsp3) is 0.0476. The molecule has 1 saturated heterocycles. The smallest absolute Gasteiger partial charge is 0.298 e. The predicted molar refractivity (Wildman–Crippen MR) is 115 cm³/mol. The Hall–Kier alpha value is -2.47. The SMILES string of the molecule is Cc1ccc(-n2cccc2/C=C2/SC(=O)N(c3cccc(Cl)c3)C2=O)cc1Cl. The van der Waals surface area contributed by atoms with Crippen LogP contribution >= 0.6 is 35.0 Å². The monoisotopic (exact) mass is 428 g/mol. The number of rotatable bonds is 3. The maximum atomic E-state index is 12.8. The third kappa shape index (κ3) is 3.49. The van der Waals surface area contributed by atoms with E-state index >= 15 is 0 Å². The molecule has 1 fully saturated rings. The fourth-order valence-electron chi connectivity index (χ4n) is 2.92. The summed E-state index contributed by atoms with van der Waals surface area (Å²) in [5.41, 5.74) is 3.10. The van der Waals surface area contributed by atoms with Gasteiger partial charge in [0.2, 0.25) is 0 Å².